The zero-order valence-electron chi connectivity index (χ0n) is 17.5. The molecule has 3 rings (SSSR count). The van der Waals surface area contributed by atoms with E-state index in [4.69, 9.17) is 0 Å². The van der Waals surface area contributed by atoms with Gasteiger partial charge in [0.25, 0.3) is 0 Å². The van der Waals surface area contributed by atoms with Crippen LogP contribution in [-0.2, 0) is 19.1 Å². The maximum Gasteiger partial charge on any atom is 0.434 e. The van der Waals surface area contributed by atoms with E-state index in [0.29, 0.717) is 23.4 Å². The summed E-state index contributed by atoms with van der Waals surface area (Å²) >= 11 is 0.983. The van der Waals surface area contributed by atoms with Gasteiger partial charge in [0.2, 0.25) is 0 Å². The minimum Gasteiger partial charge on any atom is -0.357 e. The number of rotatable bonds is 8. The lowest BCUT2D eigenvalue weighted by Gasteiger charge is -2.17. The molecule has 0 bridgehead atoms. The fourth-order valence-electron chi connectivity index (χ4n) is 3.46. The molecular formula is C21H29F3IN5S. The highest BCUT2D eigenvalue weighted by molar-refractivity contribution is 14.0. The summed E-state index contributed by atoms with van der Waals surface area (Å²) in [5.74, 6) is 1.14. The van der Waals surface area contributed by atoms with Crippen LogP contribution >= 0.6 is 35.3 Å². The van der Waals surface area contributed by atoms with E-state index >= 15 is 0 Å². The average molecular weight is 567 g/mol. The molecule has 31 heavy (non-hydrogen) atoms. The van der Waals surface area contributed by atoms with Gasteiger partial charge in [-0.25, -0.2) is 9.98 Å². The Bertz CT molecular complexity index is 813. The van der Waals surface area contributed by atoms with Gasteiger partial charge in [-0.05, 0) is 37.8 Å². The first kappa shape index (κ1) is 25.9. The van der Waals surface area contributed by atoms with Crippen LogP contribution in [0.3, 0.4) is 0 Å². The number of nitrogens with one attached hydrogen (secondary N) is 2. The summed E-state index contributed by atoms with van der Waals surface area (Å²) in [4.78, 5) is 10.5. The van der Waals surface area contributed by atoms with E-state index in [-0.39, 0.29) is 30.5 Å². The number of benzene rings is 1. The first-order chi connectivity index (χ1) is 14.4. The first-order valence-corrected chi connectivity index (χ1v) is 11.1. The summed E-state index contributed by atoms with van der Waals surface area (Å²) in [7, 11) is 0. The van der Waals surface area contributed by atoms with Crippen molar-refractivity contribution in [2.24, 2.45) is 10.9 Å². The molecule has 1 unspecified atom stereocenters. The Balaban J connectivity index is 0.00000341. The highest BCUT2D eigenvalue weighted by Gasteiger charge is 2.33. The van der Waals surface area contributed by atoms with Gasteiger partial charge in [0.1, 0.15) is 5.01 Å². The summed E-state index contributed by atoms with van der Waals surface area (Å²) in [5.41, 5.74) is 0.508. The minimum atomic E-state index is -4.41. The SMILES string of the molecule is CCNC(=NCc1nc(C(F)(F)F)cs1)NCC1CCN(CCc2ccccc2)C1.I. The number of aliphatic imine (C=N–C) groups is 1. The predicted octanol–water partition coefficient (Wildman–Crippen LogP) is 4.40. The molecule has 0 radical (unpaired) electrons. The topological polar surface area (TPSA) is 52.6 Å². The lowest BCUT2D eigenvalue weighted by atomic mass is 10.1. The van der Waals surface area contributed by atoms with Gasteiger partial charge < -0.3 is 15.5 Å². The average Bonchev–Trinajstić information content (AvgIpc) is 3.39. The zero-order chi connectivity index (χ0) is 21.4. The number of nitrogens with zero attached hydrogens (tertiary/aromatic N) is 3. The number of hydrogen-bond donors (Lipinski definition) is 2. The number of thiazole rings is 1. The van der Waals surface area contributed by atoms with Crippen molar-refractivity contribution in [3.05, 3.63) is 52.0 Å². The Morgan fingerprint density at radius 2 is 2.03 bits per heavy atom. The summed E-state index contributed by atoms with van der Waals surface area (Å²) < 4.78 is 38.0. The fraction of sp³-hybridized carbons (Fsp3) is 0.524. The predicted molar refractivity (Wildman–Crippen MR) is 130 cm³/mol. The third-order valence-corrected chi connectivity index (χ3v) is 5.88. The van der Waals surface area contributed by atoms with Gasteiger partial charge in [-0.2, -0.15) is 13.2 Å². The molecular weight excluding hydrogens is 538 g/mol. The van der Waals surface area contributed by atoms with Crippen molar-refractivity contribution in [1.29, 1.82) is 0 Å². The van der Waals surface area contributed by atoms with Crippen LogP contribution in [0.15, 0.2) is 40.7 Å². The summed E-state index contributed by atoms with van der Waals surface area (Å²) in [6.07, 6.45) is -2.22. The molecule has 1 atom stereocenters. The molecule has 1 fully saturated rings. The second kappa shape index (κ2) is 12.6. The smallest absolute Gasteiger partial charge is 0.357 e. The van der Waals surface area contributed by atoms with Crippen LogP contribution in [0.4, 0.5) is 13.2 Å². The fourth-order valence-corrected chi connectivity index (χ4v) is 4.18. The molecule has 1 saturated heterocycles. The summed E-state index contributed by atoms with van der Waals surface area (Å²) in [6, 6.07) is 10.5. The lowest BCUT2D eigenvalue weighted by Crippen LogP contribution is -2.40. The van der Waals surface area contributed by atoms with Crippen LogP contribution in [0, 0.1) is 5.92 Å². The molecule has 2 aromatic rings. The third kappa shape index (κ3) is 8.57. The second-order valence-corrected chi connectivity index (χ2v) is 8.33. The third-order valence-electron chi connectivity index (χ3n) is 5.05. The molecule has 0 saturated carbocycles. The van der Waals surface area contributed by atoms with Gasteiger partial charge in [-0.15, -0.1) is 35.3 Å². The molecule has 1 aromatic carbocycles. The van der Waals surface area contributed by atoms with Crippen LogP contribution < -0.4 is 10.6 Å². The van der Waals surface area contributed by atoms with Crippen LogP contribution in [0.25, 0.3) is 0 Å². The van der Waals surface area contributed by atoms with Crippen molar-refractivity contribution in [1.82, 2.24) is 20.5 Å². The Kier molecular flexibility index (Phi) is 10.5. The maximum absolute atomic E-state index is 12.7. The van der Waals surface area contributed by atoms with E-state index in [1.54, 1.807) is 0 Å². The van der Waals surface area contributed by atoms with E-state index in [0.717, 1.165) is 55.7 Å². The van der Waals surface area contributed by atoms with Crippen LogP contribution in [0.1, 0.15) is 29.6 Å². The number of alkyl halides is 3. The molecule has 1 aliphatic rings. The molecule has 0 aliphatic carbocycles. The first-order valence-electron chi connectivity index (χ1n) is 10.2. The molecule has 0 amide bonds. The van der Waals surface area contributed by atoms with Gasteiger partial charge in [-0.1, -0.05) is 30.3 Å². The van der Waals surface area contributed by atoms with Crippen molar-refractivity contribution < 1.29 is 13.2 Å². The van der Waals surface area contributed by atoms with E-state index < -0.39 is 11.9 Å². The molecule has 2 heterocycles. The van der Waals surface area contributed by atoms with Crippen LogP contribution in [-0.4, -0.2) is 48.6 Å². The summed E-state index contributed by atoms with van der Waals surface area (Å²) in [6.45, 7) is 6.75. The number of hydrogen-bond acceptors (Lipinski definition) is 4. The Hall–Kier alpha value is -1.40. The molecule has 172 valence electrons. The molecule has 1 aromatic heterocycles. The van der Waals surface area contributed by atoms with E-state index in [2.05, 4.69) is 49.8 Å². The molecule has 0 spiro atoms. The van der Waals surface area contributed by atoms with Crippen LogP contribution in [0.2, 0.25) is 0 Å². The van der Waals surface area contributed by atoms with Gasteiger partial charge in [-0.3, -0.25) is 0 Å². The zero-order valence-corrected chi connectivity index (χ0v) is 20.6. The van der Waals surface area contributed by atoms with Crippen LogP contribution in [0.5, 0.6) is 0 Å². The number of guanidine groups is 1. The van der Waals surface area contributed by atoms with E-state index in [9.17, 15) is 13.2 Å². The minimum absolute atomic E-state index is 0. The number of halogens is 4. The van der Waals surface area contributed by atoms with Crippen molar-refractivity contribution >= 4 is 41.3 Å². The normalized spacial score (nSPS) is 17.4. The monoisotopic (exact) mass is 567 g/mol. The quantitative estimate of drug-likeness (QED) is 0.282. The maximum atomic E-state index is 12.7. The lowest BCUT2D eigenvalue weighted by molar-refractivity contribution is -0.140. The van der Waals surface area contributed by atoms with Crippen molar-refractivity contribution in [3.8, 4) is 0 Å². The van der Waals surface area contributed by atoms with Gasteiger partial charge in [0.15, 0.2) is 11.7 Å². The molecule has 10 heteroatoms. The van der Waals surface area contributed by atoms with Crippen molar-refractivity contribution in [3.63, 3.8) is 0 Å². The second-order valence-electron chi connectivity index (χ2n) is 7.39. The Morgan fingerprint density at radius 1 is 1.26 bits per heavy atom. The molecule has 1 aliphatic heterocycles. The van der Waals surface area contributed by atoms with E-state index in [1.165, 1.54) is 5.56 Å². The van der Waals surface area contributed by atoms with Gasteiger partial charge in [0, 0.05) is 31.6 Å². The van der Waals surface area contributed by atoms with Crippen molar-refractivity contribution in [2.75, 3.05) is 32.7 Å². The van der Waals surface area contributed by atoms with Crippen molar-refractivity contribution in [2.45, 2.75) is 32.5 Å². The van der Waals surface area contributed by atoms with Gasteiger partial charge >= 0.3 is 6.18 Å². The highest BCUT2D eigenvalue weighted by Crippen LogP contribution is 2.30. The highest BCUT2D eigenvalue weighted by atomic mass is 127. The summed E-state index contributed by atoms with van der Waals surface area (Å²) in [5, 5.41) is 7.87. The standard InChI is InChI=1S/C21H28F3N5S.HI/c1-2-25-20(27-13-19-28-18(15-30-19)21(22,23)24)26-12-17-9-11-29(14-17)10-8-16-6-4-3-5-7-16;/h3-7,15,17H,2,8-14H2,1H3,(H2,25,26,27);1H. The molecule has 5 nitrogen and oxygen atoms in total. The number of likely N-dealkylation sites (tertiary alicyclic amines) is 1. The number of aromatic nitrogens is 1. The van der Waals surface area contributed by atoms with E-state index in [1.807, 2.05) is 13.0 Å². The Labute approximate surface area is 202 Å². The molecule has 2 N–H and O–H groups in total. The Morgan fingerprint density at radius 3 is 2.71 bits per heavy atom. The van der Waals surface area contributed by atoms with Gasteiger partial charge in [0.05, 0.1) is 6.54 Å². The largest absolute Gasteiger partial charge is 0.434 e.